The number of carbonyl (C=O) groups excluding carboxylic acids is 1. The van der Waals surface area contributed by atoms with Crippen LogP contribution in [0.1, 0.15) is 44.1 Å². The molecule has 1 aliphatic rings. The largest absolute Gasteiger partial charge is 0.493 e. The summed E-state index contributed by atoms with van der Waals surface area (Å²) in [5.74, 6) is 1.75. The fourth-order valence-corrected chi connectivity index (χ4v) is 3.60. The van der Waals surface area contributed by atoms with Crippen molar-refractivity contribution in [2.24, 2.45) is 11.1 Å². The minimum absolute atomic E-state index is 0. The lowest BCUT2D eigenvalue weighted by Crippen LogP contribution is -2.38. The van der Waals surface area contributed by atoms with Gasteiger partial charge in [-0.1, -0.05) is 19.3 Å². The summed E-state index contributed by atoms with van der Waals surface area (Å²) in [6, 6.07) is 3.70. The van der Waals surface area contributed by atoms with E-state index in [0.717, 1.165) is 31.2 Å². The lowest BCUT2D eigenvalue weighted by molar-refractivity contribution is -0.124. The third-order valence-corrected chi connectivity index (χ3v) is 5.10. The van der Waals surface area contributed by atoms with Gasteiger partial charge in [-0.3, -0.25) is 4.79 Å². The monoisotopic (exact) mass is 386 g/mol. The van der Waals surface area contributed by atoms with Crippen LogP contribution in [0.15, 0.2) is 12.1 Å². The van der Waals surface area contributed by atoms with Crippen LogP contribution in [0.3, 0.4) is 0 Å². The summed E-state index contributed by atoms with van der Waals surface area (Å²) in [5, 5.41) is 3.00. The van der Waals surface area contributed by atoms with Crippen molar-refractivity contribution >= 4 is 18.3 Å². The molecule has 0 bridgehead atoms. The Morgan fingerprint density at radius 2 is 1.65 bits per heavy atom. The number of ether oxygens (including phenoxy) is 3. The van der Waals surface area contributed by atoms with Crippen LogP contribution in [0.4, 0.5) is 0 Å². The average Bonchev–Trinajstić information content (AvgIpc) is 2.66. The first kappa shape index (κ1) is 22.4. The van der Waals surface area contributed by atoms with Crippen LogP contribution >= 0.6 is 12.4 Å². The highest BCUT2D eigenvalue weighted by molar-refractivity contribution is 5.85. The number of amides is 1. The number of benzene rings is 1. The molecule has 1 fully saturated rings. The van der Waals surface area contributed by atoms with Crippen molar-refractivity contribution < 1.29 is 19.0 Å². The summed E-state index contributed by atoms with van der Waals surface area (Å²) in [7, 11) is 4.72. The summed E-state index contributed by atoms with van der Waals surface area (Å²) < 4.78 is 16.0. The summed E-state index contributed by atoms with van der Waals surface area (Å²) in [6.07, 6.45) is 6.15. The fourth-order valence-electron chi connectivity index (χ4n) is 3.60. The molecule has 0 unspecified atom stereocenters. The molecule has 1 amide bonds. The molecule has 1 aromatic rings. The summed E-state index contributed by atoms with van der Waals surface area (Å²) >= 11 is 0. The number of nitrogens with two attached hydrogens (primary N) is 1. The molecular formula is C19H31ClN2O4. The van der Waals surface area contributed by atoms with Gasteiger partial charge in [0.05, 0.1) is 21.3 Å². The maximum atomic E-state index is 12.4. The average molecular weight is 387 g/mol. The first-order valence-corrected chi connectivity index (χ1v) is 8.83. The van der Waals surface area contributed by atoms with Crippen molar-refractivity contribution in [1.29, 1.82) is 0 Å². The van der Waals surface area contributed by atoms with E-state index in [9.17, 15) is 4.79 Å². The van der Waals surface area contributed by atoms with Gasteiger partial charge < -0.3 is 25.3 Å². The first-order chi connectivity index (χ1) is 12.1. The number of methoxy groups -OCH3 is 3. The molecule has 0 aliphatic heterocycles. The highest BCUT2D eigenvalue weighted by atomic mass is 35.5. The molecule has 0 heterocycles. The lowest BCUT2D eigenvalue weighted by atomic mass is 9.71. The maximum Gasteiger partial charge on any atom is 0.220 e. The van der Waals surface area contributed by atoms with Gasteiger partial charge >= 0.3 is 0 Å². The Bertz CT molecular complexity index is 564. The van der Waals surface area contributed by atoms with Crippen molar-refractivity contribution in [2.45, 2.75) is 45.1 Å². The topological polar surface area (TPSA) is 82.8 Å². The molecule has 2 rings (SSSR count). The zero-order valence-corrected chi connectivity index (χ0v) is 16.7. The third-order valence-electron chi connectivity index (χ3n) is 5.10. The zero-order chi connectivity index (χ0) is 18.3. The predicted octanol–water partition coefficient (Wildman–Crippen LogP) is 3.05. The molecule has 0 radical (unpaired) electrons. The molecule has 1 aromatic carbocycles. The van der Waals surface area contributed by atoms with E-state index < -0.39 is 0 Å². The standard InChI is InChI=1S/C19H30N2O4.ClH/c1-23-15-9-14(10-16(24-2)18(15)25-3)12-21-17(22)11-19(13-20)7-5-4-6-8-19;/h9-10H,4-8,11-13,20H2,1-3H3,(H,21,22);1H. The summed E-state index contributed by atoms with van der Waals surface area (Å²) in [5.41, 5.74) is 6.84. The Kier molecular flexibility index (Phi) is 9.02. The number of nitrogens with one attached hydrogen (secondary N) is 1. The molecule has 0 atom stereocenters. The minimum Gasteiger partial charge on any atom is -0.493 e. The highest BCUT2D eigenvalue weighted by Gasteiger charge is 2.32. The lowest BCUT2D eigenvalue weighted by Gasteiger charge is -2.35. The van der Waals surface area contributed by atoms with E-state index in [1.165, 1.54) is 6.42 Å². The van der Waals surface area contributed by atoms with Crippen LogP contribution in [-0.2, 0) is 11.3 Å². The quantitative estimate of drug-likeness (QED) is 0.717. The minimum atomic E-state index is -0.0301. The number of hydrogen-bond acceptors (Lipinski definition) is 5. The van der Waals surface area contributed by atoms with Crippen molar-refractivity contribution in [3.05, 3.63) is 17.7 Å². The van der Waals surface area contributed by atoms with Crippen molar-refractivity contribution in [1.82, 2.24) is 5.32 Å². The van der Waals surface area contributed by atoms with E-state index in [0.29, 0.717) is 36.8 Å². The van der Waals surface area contributed by atoms with Gasteiger partial charge in [-0.05, 0) is 42.5 Å². The molecule has 26 heavy (non-hydrogen) atoms. The second kappa shape index (κ2) is 10.5. The van der Waals surface area contributed by atoms with Crippen LogP contribution in [-0.4, -0.2) is 33.8 Å². The van der Waals surface area contributed by atoms with E-state index in [4.69, 9.17) is 19.9 Å². The van der Waals surface area contributed by atoms with Crippen molar-refractivity contribution in [3.8, 4) is 17.2 Å². The van der Waals surface area contributed by atoms with E-state index in [1.54, 1.807) is 21.3 Å². The van der Waals surface area contributed by atoms with E-state index in [-0.39, 0.29) is 23.7 Å². The highest BCUT2D eigenvalue weighted by Crippen LogP contribution is 2.39. The summed E-state index contributed by atoms with van der Waals surface area (Å²) in [6.45, 7) is 0.987. The normalized spacial score (nSPS) is 15.5. The zero-order valence-electron chi connectivity index (χ0n) is 15.9. The first-order valence-electron chi connectivity index (χ1n) is 8.83. The number of carbonyl (C=O) groups is 1. The molecule has 1 saturated carbocycles. The van der Waals surface area contributed by atoms with E-state index in [2.05, 4.69) is 5.32 Å². The molecule has 0 saturated heterocycles. The van der Waals surface area contributed by atoms with Crippen molar-refractivity contribution in [3.63, 3.8) is 0 Å². The number of hydrogen-bond donors (Lipinski definition) is 2. The molecule has 7 heteroatoms. The fraction of sp³-hybridized carbons (Fsp3) is 0.632. The van der Waals surface area contributed by atoms with Crippen LogP contribution in [0.5, 0.6) is 17.2 Å². The second-order valence-electron chi connectivity index (χ2n) is 6.75. The van der Waals surface area contributed by atoms with Gasteiger partial charge in [0.1, 0.15) is 0 Å². The predicted molar refractivity (Wildman–Crippen MR) is 104 cm³/mol. The van der Waals surface area contributed by atoms with Gasteiger partial charge in [0, 0.05) is 13.0 Å². The molecule has 6 nitrogen and oxygen atoms in total. The molecule has 0 aromatic heterocycles. The van der Waals surface area contributed by atoms with Crippen LogP contribution in [0.2, 0.25) is 0 Å². The third kappa shape index (κ3) is 5.42. The SMILES string of the molecule is COc1cc(CNC(=O)CC2(CN)CCCCC2)cc(OC)c1OC.Cl. The Morgan fingerprint density at radius 1 is 1.08 bits per heavy atom. The van der Waals surface area contributed by atoms with Gasteiger partial charge in [-0.2, -0.15) is 0 Å². The van der Waals surface area contributed by atoms with Gasteiger partial charge in [0.2, 0.25) is 11.7 Å². The Morgan fingerprint density at radius 3 is 2.12 bits per heavy atom. The van der Waals surface area contributed by atoms with Crippen LogP contribution < -0.4 is 25.3 Å². The Labute approximate surface area is 162 Å². The van der Waals surface area contributed by atoms with Gasteiger partial charge in [-0.15, -0.1) is 12.4 Å². The number of rotatable bonds is 8. The molecule has 0 spiro atoms. The summed E-state index contributed by atoms with van der Waals surface area (Å²) in [4.78, 5) is 12.4. The van der Waals surface area contributed by atoms with E-state index in [1.807, 2.05) is 12.1 Å². The smallest absolute Gasteiger partial charge is 0.220 e. The van der Waals surface area contributed by atoms with Gasteiger partial charge in [0.15, 0.2) is 11.5 Å². The van der Waals surface area contributed by atoms with E-state index >= 15 is 0 Å². The van der Waals surface area contributed by atoms with Gasteiger partial charge in [-0.25, -0.2) is 0 Å². The Hall–Kier alpha value is -1.66. The molecule has 1 aliphatic carbocycles. The van der Waals surface area contributed by atoms with Crippen LogP contribution in [0, 0.1) is 5.41 Å². The second-order valence-corrected chi connectivity index (χ2v) is 6.75. The number of halogens is 1. The molecular weight excluding hydrogens is 356 g/mol. The Balaban J connectivity index is 0.00000338. The molecule has 3 N–H and O–H groups in total. The van der Waals surface area contributed by atoms with Crippen molar-refractivity contribution in [2.75, 3.05) is 27.9 Å². The maximum absolute atomic E-state index is 12.4. The van der Waals surface area contributed by atoms with Crippen LogP contribution in [0.25, 0.3) is 0 Å². The molecule has 148 valence electrons. The van der Waals surface area contributed by atoms with Gasteiger partial charge in [0.25, 0.3) is 0 Å².